The number of amides is 1. The van der Waals surface area contributed by atoms with Gasteiger partial charge in [0, 0.05) is 40.6 Å². The van der Waals surface area contributed by atoms with Gasteiger partial charge in [0.25, 0.3) is 5.91 Å². The number of carbonyl (C=O) groups is 2. The molecule has 2 N–H and O–H groups in total. The summed E-state index contributed by atoms with van der Waals surface area (Å²) in [4.78, 5) is 31.2. The van der Waals surface area contributed by atoms with Gasteiger partial charge < -0.3 is 15.4 Å². The second kappa shape index (κ2) is 8.26. The number of aryl methyl sites for hydroxylation is 1. The quantitative estimate of drug-likeness (QED) is 0.737. The summed E-state index contributed by atoms with van der Waals surface area (Å²) >= 11 is 0. The Bertz CT molecular complexity index is 1140. The number of carbonyl (C=O) groups excluding carboxylic acids is 2. The fraction of sp³-hybridized carbons (Fsp3) is 0.346. The van der Waals surface area contributed by atoms with Gasteiger partial charge >= 0.3 is 0 Å². The summed E-state index contributed by atoms with van der Waals surface area (Å²) in [6.45, 7) is 7.97. The van der Waals surface area contributed by atoms with E-state index in [2.05, 4.69) is 29.5 Å². The molecule has 1 amide bonds. The number of nitrogens with one attached hydrogen (secondary N) is 2. The van der Waals surface area contributed by atoms with E-state index < -0.39 is 5.92 Å². The number of ether oxygens (including phenoxy) is 1. The number of allylic oxidation sites excluding steroid dienone is 3. The van der Waals surface area contributed by atoms with Gasteiger partial charge in [-0.2, -0.15) is 0 Å². The Balaban J connectivity index is 1.80. The van der Waals surface area contributed by atoms with Gasteiger partial charge in [0.15, 0.2) is 5.78 Å². The van der Waals surface area contributed by atoms with E-state index >= 15 is 0 Å². The molecule has 1 aliphatic carbocycles. The van der Waals surface area contributed by atoms with E-state index in [-0.39, 0.29) is 17.1 Å². The molecule has 32 heavy (non-hydrogen) atoms. The molecular weight excluding hydrogens is 402 g/mol. The molecule has 0 spiro atoms. The average molecular weight is 432 g/mol. The van der Waals surface area contributed by atoms with Gasteiger partial charge in [-0.15, -0.1) is 0 Å². The van der Waals surface area contributed by atoms with Crippen LogP contribution in [0.5, 0.6) is 5.75 Å². The first-order valence-electron chi connectivity index (χ1n) is 10.8. The monoisotopic (exact) mass is 431 g/mol. The summed E-state index contributed by atoms with van der Waals surface area (Å²) in [6, 6.07) is 13.1. The van der Waals surface area contributed by atoms with Crippen molar-refractivity contribution in [2.24, 2.45) is 5.41 Å². The minimum Gasteiger partial charge on any atom is -0.497 e. The summed E-state index contributed by atoms with van der Waals surface area (Å²) in [6.07, 6.45) is 1.21. The van der Waals surface area contributed by atoms with Crippen LogP contribution in [-0.2, 0) is 9.59 Å². The molecule has 166 valence electrons. The number of dihydropyridines is 1. The molecule has 1 aliphatic heterocycles. The van der Waals surface area contributed by atoms with Crippen molar-refractivity contribution in [3.8, 4) is 5.75 Å². The van der Waals surface area contributed by atoms with E-state index in [0.29, 0.717) is 23.4 Å². The summed E-state index contributed by atoms with van der Waals surface area (Å²) in [5.74, 6) is 0.572. The van der Waals surface area contributed by atoms with Crippen molar-refractivity contribution in [3.05, 3.63) is 76.3 Å². The lowest BCUT2D eigenvalue weighted by atomic mass is 9.68. The molecule has 2 heterocycles. The number of anilines is 1. The summed E-state index contributed by atoms with van der Waals surface area (Å²) < 4.78 is 5.31. The highest BCUT2D eigenvalue weighted by molar-refractivity contribution is 6.09. The molecule has 6 nitrogen and oxygen atoms in total. The molecular formula is C26H29N3O3. The number of benzene rings is 1. The Hall–Kier alpha value is -3.41. The van der Waals surface area contributed by atoms with Gasteiger partial charge in [-0.1, -0.05) is 32.0 Å². The van der Waals surface area contributed by atoms with Crippen LogP contribution >= 0.6 is 0 Å². The van der Waals surface area contributed by atoms with Gasteiger partial charge in [-0.25, -0.2) is 4.98 Å². The summed E-state index contributed by atoms with van der Waals surface area (Å²) in [7, 11) is 1.62. The van der Waals surface area contributed by atoms with Gasteiger partial charge in [-0.05, 0) is 55.5 Å². The fourth-order valence-electron chi connectivity index (χ4n) is 4.66. The van der Waals surface area contributed by atoms with Crippen molar-refractivity contribution in [1.82, 2.24) is 10.3 Å². The second-order valence-corrected chi connectivity index (χ2v) is 9.32. The molecule has 1 aromatic carbocycles. The lowest BCUT2D eigenvalue weighted by Gasteiger charge is -2.39. The third kappa shape index (κ3) is 4.17. The van der Waals surface area contributed by atoms with E-state index in [0.717, 1.165) is 34.8 Å². The summed E-state index contributed by atoms with van der Waals surface area (Å²) in [5.41, 5.74) is 4.45. The molecule has 6 heteroatoms. The predicted molar refractivity (Wildman–Crippen MR) is 124 cm³/mol. The number of hydrogen-bond donors (Lipinski definition) is 2. The van der Waals surface area contributed by atoms with Gasteiger partial charge in [0.05, 0.1) is 7.11 Å². The molecule has 1 aromatic heterocycles. The highest BCUT2D eigenvalue weighted by Gasteiger charge is 2.42. The van der Waals surface area contributed by atoms with Crippen LogP contribution in [0.2, 0.25) is 0 Å². The van der Waals surface area contributed by atoms with E-state index in [1.807, 2.05) is 50.2 Å². The maximum atomic E-state index is 13.5. The van der Waals surface area contributed by atoms with Crippen molar-refractivity contribution >= 4 is 17.5 Å². The maximum absolute atomic E-state index is 13.5. The van der Waals surface area contributed by atoms with E-state index in [4.69, 9.17) is 4.74 Å². The highest BCUT2D eigenvalue weighted by Crippen LogP contribution is 2.46. The zero-order valence-electron chi connectivity index (χ0n) is 19.2. The third-order valence-electron chi connectivity index (χ3n) is 6.06. The molecule has 1 atom stereocenters. The predicted octanol–water partition coefficient (Wildman–Crippen LogP) is 4.64. The second-order valence-electron chi connectivity index (χ2n) is 9.32. The molecule has 0 radical (unpaired) electrons. The number of hydrogen-bond acceptors (Lipinski definition) is 5. The topological polar surface area (TPSA) is 80.3 Å². The minimum atomic E-state index is -0.453. The standard InChI is InChI=1S/C26H29N3O3/c1-15-7-6-8-21(27-15)29-25(31)22-16(2)28-19-13-26(3,4)14-20(30)24(19)23(22)17-9-11-18(32-5)12-10-17/h6-12,23,28H,13-14H2,1-5H3,(H,27,29,31)/t23-/m0/s1. The van der Waals surface area contributed by atoms with Crippen LogP contribution in [0.3, 0.4) is 0 Å². The Kier molecular flexibility index (Phi) is 5.63. The lowest BCUT2D eigenvalue weighted by Crippen LogP contribution is -2.39. The molecule has 0 fully saturated rings. The number of methoxy groups -OCH3 is 1. The van der Waals surface area contributed by atoms with Crippen LogP contribution in [0.1, 0.15) is 50.8 Å². The van der Waals surface area contributed by atoms with E-state index in [1.165, 1.54) is 0 Å². The number of aromatic nitrogens is 1. The van der Waals surface area contributed by atoms with Gasteiger partial charge in [0.1, 0.15) is 11.6 Å². The molecule has 2 aliphatic rings. The highest BCUT2D eigenvalue weighted by atomic mass is 16.5. The molecule has 2 aromatic rings. The third-order valence-corrected chi connectivity index (χ3v) is 6.06. The number of rotatable bonds is 4. The Morgan fingerprint density at radius 3 is 2.50 bits per heavy atom. The first-order valence-corrected chi connectivity index (χ1v) is 10.8. The summed E-state index contributed by atoms with van der Waals surface area (Å²) in [5, 5.41) is 6.31. The van der Waals surface area contributed by atoms with Crippen LogP contribution in [0.15, 0.2) is 65.0 Å². The van der Waals surface area contributed by atoms with Crippen molar-refractivity contribution in [1.29, 1.82) is 0 Å². The van der Waals surface area contributed by atoms with Crippen molar-refractivity contribution in [2.75, 3.05) is 12.4 Å². The van der Waals surface area contributed by atoms with Gasteiger partial charge in [-0.3, -0.25) is 9.59 Å². The van der Waals surface area contributed by atoms with Crippen LogP contribution in [0.4, 0.5) is 5.82 Å². The number of Topliss-reactive ketones (excluding diaryl/α,β-unsaturated/α-hetero) is 1. The first kappa shape index (κ1) is 21.8. The normalized spacial score (nSPS) is 19.9. The number of nitrogens with zero attached hydrogens (tertiary/aromatic N) is 1. The fourth-order valence-corrected chi connectivity index (χ4v) is 4.66. The van der Waals surface area contributed by atoms with Crippen LogP contribution in [-0.4, -0.2) is 23.8 Å². The van der Waals surface area contributed by atoms with E-state index in [9.17, 15) is 9.59 Å². The van der Waals surface area contributed by atoms with Crippen LogP contribution < -0.4 is 15.4 Å². The van der Waals surface area contributed by atoms with Crippen LogP contribution in [0, 0.1) is 12.3 Å². The number of pyridine rings is 1. The minimum absolute atomic E-state index is 0.0797. The number of ketones is 1. The zero-order valence-corrected chi connectivity index (χ0v) is 19.2. The zero-order chi connectivity index (χ0) is 23.0. The average Bonchev–Trinajstić information content (AvgIpc) is 2.71. The molecule has 0 unspecified atom stereocenters. The van der Waals surface area contributed by atoms with Crippen molar-refractivity contribution in [2.45, 2.75) is 46.5 Å². The van der Waals surface area contributed by atoms with Gasteiger partial charge in [0.2, 0.25) is 0 Å². The molecule has 0 saturated heterocycles. The molecule has 0 saturated carbocycles. The largest absolute Gasteiger partial charge is 0.497 e. The Morgan fingerprint density at radius 2 is 1.84 bits per heavy atom. The Labute approximate surface area is 188 Å². The van der Waals surface area contributed by atoms with E-state index in [1.54, 1.807) is 13.2 Å². The Morgan fingerprint density at radius 1 is 1.12 bits per heavy atom. The lowest BCUT2D eigenvalue weighted by molar-refractivity contribution is -0.118. The van der Waals surface area contributed by atoms with Crippen LogP contribution in [0.25, 0.3) is 0 Å². The smallest absolute Gasteiger partial charge is 0.255 e. The van der Waals surface area contributed by atoms with Crippen molar-refractivity contribution < 1.29 is 14.3 Å². The SMILES string of the molecule is COc1ccc([C@H]2C(C(=O)Nc3cccc(C)n3)=C(C)NC3=C2C(=O)CC(C)(C)C3)cc1. The molecule has 4 rings (SSSR count). The maximum Gasteiger partial charge on any atom is 0.255 e. The molecule has 0 bridgehead atoms. The van der Waals surface area contributed by atoms with Crippen molar-refractivity contribution in [3.63, 3.8) is 0 Å². The first-order chi connectivity index (χ1) is 15.2.